The summed E-state index contributed by atoms with van der Waals surface area (Å²) in [5.74, 6) is -2.33. The fourth-order valence-corrected chi connectivity index (χ4v) is 11.6. The fourth-order valence-electron chi connectivity index (χ4n) is 9.53. The zero-order valence-electron chi connectivity index (χ0n) is 47.1. The highest BCUT2D eigenvalue weighted by molar-refractivity contribution is 7.90. The van der Waals surface area contributed by atoms with Gasteiger partial charge in [-0.15, -0.1) is 0 Å². The Labute approximate surface area is 462 Å². The van der Waals surface area contributed by atoms with Crippen molar-refractivity contribution in [3.05, 3.63) is 96.1 Å². The molecular formula is C56H84N10O10S2. The molecule has 2 aliphatic rings. The van der Waals surface area contributed by atoms with E-state index in [9.17, 15) is 45.6 Å². The van der Waals surface area contributed by atoms with Gasteiger partial charge in [0.25, 0.3) is 0 Å². The summed E-state index contributed by atoms with van der Waals surface area (Å²) in [5, 5.41) is 11.6. The Morgan fingerprint density at radius 1 is 0.564 bits per heavy atom. The summed E-state index contributed by atoms with van der Waals surface area (Å²) >= 11 is 0. The molecule has 2 heterocycles. The Bertz CT molecular complexity index is 2570. The molecule has 78 heavy (non-hydrogen) atoms. The second-order valence-corrected chi connectivity index (χ2v) is 26.1. The molecule has 430 valence electrons. The molecular weight excluding hydrogens is 1040 g/mol. The van der Waals surface area contributed by atoms with Crippen LogP contribution in [0.25, 0.3) is 0 Å². The van der Waals surface area contributed by atoms with Crippen LogP contribution in [0.4, 0.5) is 0 Å². The van der Waals surface area contributed by atoms with E-state index in [4.69, 9.17) is 0 Å². The van der Waals surface area contributed by atoms with E-state index in [2.05, 4.69) is 30.7 Å². The number of nitrogens with zero attached hydrogens (tertiary/aromatic N) is 4. The number of sulfonamides is 2. The molecule has 0 aliphatic carbocycles. The maximum atomic E-state index is 14.3. The van der Waals surface area contributed by atoms with Crippen LogP contribution < -0.4 is 30.7 Å². The summed E-state index contributed by atoms with van der Waals surface area (Å²) in [4.78, 5) is 88.5. The lowest BCUT2D eigenvalue weighted by Crippen LogP contribution is -2.59. The van der Waals surface area contributed by atoms with E-state index in [-0.39, 0.29) is 49.8 Å². The quantitative estimate of drug-likeness (QED) is 0.0679. The Morgan fingerprint density at radius 3 is 1.26 bits per heavy atom. The second-order valence-electron chi connectivity index (χ2n) is 22.6. The van der Waals surface area contributed by atoms with E-state index in [1.54, 1.807) is 37.7 Å². The first-order valence-electron chi connectivity index (χ1n) is 27.0. The number of carbonyl (C=O) groups excluding carboxylic acids is 6. The van der Waals surface area contributed by atoms with Gasteiger partial charge < -0.3 is 40.9 Å². The number of hydrogen-bond donors (Lipinski definition) is 6. The van der Waals surface area contributed by atoms with Crippen LogP contribution in [0.15, 0.2) is 94.7 Å². The van der Waals surface area contributed by atoms with E-state index in [0.29, 0.717) is 51.6 Å². The van der Waals surface area contributed by atoms with Gasteiger partial charge in [-0.3, -0.25) is 28.8 Å². The fraction of sp³-hybridized carbons (Fsp3) is 0.571. The summed E-state index contributed by atoms with van der Waals surface area (Å²) in [5.41, 5.74) is 0.598. The van der Waals surface area contributed by atoms with Crippen LogP contribution in [0.1, 0.15) is 92.2 Å². The maximum absolute atomic E-state index is 14.3. The Balaban J connectivity index is 1.29. The minimum absolute atomic E-state index is 0.101. The average molecular weight is 1120 g/mol. The van der Waals surface area contributed by atoms with Crippen molar-refractivity contribution in [3.63, 3.8) is 0 Å². The molecule has 3 aromatic carbocycles. The number of rotatable bonds is 26. The predicted octanol–water partition coefficient (Wildman–Crippen LogP) is 2.65. The number of likely N-dealkylation sites (N-methyl/N-ethyl adjacent to an activating group) is 2. The monoisotopic (exact) mass is 1120 g/mol. The molecule has 0 bridgehead atoms. The van der Waals surface area contributed by atoms with Crippen molar-refractivity contribution >= 4 is 55.5 Å². The van der Waals surface area contributed by atoms with Crippen molar-refractivity contribution < 1.29 is 45.6 Å². The van der Waals surface area contributed by atoms with Gasteiger partial charge in [0, 0.05) is 51.4 Å². The molecule has 5 rings (SSSR count). The van der Waals surface area contributed by atoms with Gasteiger partial charge in [0.1, 0.15) is 12.1 Å². The number of amides is 6. The van der Waals surface area contributed by atoms with Crippen LogP contribution in [0.3, 0.4) is 0 Å². The third-order valence-corrected chi connectivity index (χ3v) is 17.4. The van der Waals surface area contributed by atoms with Crippen LogP contribution in [0, 0.1) is 10.8 Å². The van der Waals surface area contributed by atoms with Crippen LogP contribution in [-0.2, 0) is 61.7 Å². The molecule has 22 heteroatoms. The first kappa shape index (κ1) is 63.1. The topological polar surface area (TPSA) is 256 Å². The lowest BCUT2D eigenvalue weighted by atomic mass is 9.85. The predicted molar refractivity (Wildman–Crippen MR) is 300 cm³/mol. The lowest BCUT2D eigenvalue weighted by molar-refractivity contribution is -0.142. The molecule has 1 unspecified atom stereocenters. The molecule has 0 spiro atoms. The summed E-state index contributed by atoms with van der Waals surface area (Å²) in [7, 11) is -5.69. The summed E-state index contributed by atoms with van der Waals surface area (Å²) in [6, 6.07) is 19.9. The van der Waals surface area contributed by atoms with Crippen molar-refractivity contribution in [2.45, 2.75) is 140 Å². The Kier molecular flexibility index (Phi) is 22.5. The number of benzene rings is 3. The zero-order chi connectivity index (χ0) is 57.6. The minimum atomic E-state index is -4.50. The smallest absolute Gasteiger partial charge is 0.246 e. The molecule has 6 atom stereocenters. The molecule has 6 N–H and O–H groups in total. The van der Waals surface area contributed by atoms with E-state index < -0.39 is 102 Å². The van der Waals surface area contributed by atoms with Gasteiger partial charge in [-0.05, 0) is 107 Å². The molecule has 6 amide bonds. The van der Waals surface area contributed by atoms with Gasteiger partial charge in [0.05, 0.1) is 35.0 Å². The highest BCUT2D eigenvalue weighted by Crippen LogP contribution is 2.29. The van der Waals surface area contributed by atoms with E-state index in [1.165, 1.54) is 28.0 Å². The van der Waals surface area contributed by atoms with Gasteiger partial charge in [-0.1, -0.05) is 108 Å². The second kappa shape index (κ2) is 27.9. The summed E-state index contributed by atoms with van der Waals surface area (Å²) in [6.45, 7) is 14.7. The van der Waals surface area contributed by atoms with E-state index >= 15 is 0 Å². The van der Waals surface area contributed by atoms with E-state index in [1.807, 2.05) is 102 Å². The third-order valence-electron chi connectivity index (χ3n) is 14.6. The molecule has 0 aromatic heterocycles. The molecule has 3 aromatic rings. The third kappa shape index (κ3) is 17.6. The maximum Gasteiger partial charge on any atom is 0.246 e. The number of likely N-dealkylation sites (tertiary alicyclic amines) is 2. The van der Waals surface area contributed by atoms with Crippen molar-refractivity contribution in [3.8, 4) is 0 Å². The van der Waals surface area contributed by atoms with Crippen molar-refractivity contribution in [2.24, 2.45) is 10.8 Å². The van der Waals surface area contributed by atoms with Gasteiger partial charge >= 0.3 is 0 Å². The molecule has 0 saturated carbocycles. The molecule has 0 radical (unpaired) electrons. The number of nitrogens with one attached hydrogen (secondary N) is 6. The minimum Gasteiger partial charge on any atom is -0.342 e. The van der Waals surface area contributed by atoms with Crippen molar-refractivity contribution in [1.29, 1.82) is 0 Å². The molecule has 2 saturated heterocycles. The Morgan fingerprint density at radius 2 is 0.923 bits per heavy atom. The molecule has 2 fully saturated rings. The summed E-state index contributed by atoms with van der Waals surface area (Å²) in [6.07, 6.45) is 3.36. The molecule has 20 nitrogen and oxygen atoms in total. The largest absolute Gasteiger partial charge is 0.342 e. The first-order valence-corrected chi connectivity index (χ1v) is 29.9. The highest BCUT2D eigenvalue weighted by Gasteiger charge is 2.43. The average Bonchev–Trinajstić information content (AvgIpc) is 4.09. The first-order chi connectivity index (χ1) is 36.7. The van der Waals surface area contributed by atoms with Crippen LogP contribution in [-0.4, -0.2) is 175 Å². The highest BCUT2D eigenvalue weighted by atomic mass is 32.2. The number of hydrogen-bond acceptors (Lipinski definition) is 12. The van der Waals surface area contributed by atoms with Crippen LogP contribution >= 0.6 is 0 Å². The van der Waals surface area contributed by atoms with Crippen LogP contribution in [0.5, 0.6) is 0 Å². The number of carbonyl (C=O) groups is 6. The van der Waals surface area contributed by atoms with Crippen LogP contribution in [0.2, 0.25) is 0 Å². The van der Waals surface area contributed by atoms with Crippen molar-refractivity contribution in [2.75, 3.05) is 66.5 Å². The molecule has 2 aliphatic heterocycles. The standard InChI is InChI=1S/C56H84N10O10S2/c1-39(57-9)51(69)61-49(55(3,4)5)53(71)65-30-18-24-43(65)37-63(32-28-41-20-13-11-14-21-41)47(67)35-59-77(73,74)45-26-17-27-46(34-45)78(75,76)60-36-48(68)64(33-29-42-22-15-12-16-23-42)38-44-25-19-31-66(44)54(72)50(56(6,7)8)62-52(70)40(2)58-10/h11-17,20-23,26-27,34,39-40,43-44,49-50,57-60H,18-19,24-25,28-33,35-38H2,1-10H3,(H,61,69)(H,62,70)/t39-,40-,43-,44?,49+,50+/m0/s1. The van der Waals surface area contributed by atoms with Gasteiger partial charge in [-0.2, -0.15) is 0 Å². The van der Waals surface area contributed by atoms with Gasteiger partial charge in [0.2, 0.25) is 55.5 Å². The summed E-state index contributed by atoms with van der Waals surface area (Å²) < 4.78 is 60.3. The SMILES string of the molecule is CN[C@@H](C)C(=O)N[C@H](C(=O)N1CCCC1CN(CCc1ccccc1)C(=O)CNS(=O)(=O)c1cccc(S(=O)(=O)NCC(=O)N(CCc2ccccc2)C[C@@H]2CCCN2C(=O)[C@@H](NC(=O)[C@H](C)NC)C(C)(C)C)c1)C(C)(C)C. The van der Waals surface area contributed by atoms with Gasteiger partial charge in [0.15, 0.2) is 0 Å². The zero-order valence-corrected chi connectivity index (χ0v) is 48.8. The normalized spacial score (nSPS) is 17.7. The van der Waals surface area contributed by atoms with Crippen molar-refractivity contribution in [1.82, 2.24) is 50.3 Å². The lowest BCUT2D eigenvalue weighted by Gasteiger charge is -2.37. The van der Waals surface area contributed by atoms with Gasteiger partial charge in [-0.25, -0.2) is 26.3 Å². The van der Waals surface area contributed by atoms with E-state index in [0.717, 1.165) is 17.2 Å². The Hall–Kier alpha value is -5.78.